The molecular formula is C18H23ClN3O2S+. The molecule has 1 aliphatic heterocycles. The van der Waals surface area contributed by atoms with Gasteiger partial charge in [-0.15, -0.1) is 0 Å². The maximum atomic E-state index is 12.5. The van der Waals surface area contributed by atoms with E-state index >= 15 is 0 Å². The number of quaternary nitrogens is 1. The zero-order valence-corrected chi connectivity index (χ0v) is 15.8. The van der Waals surface area contributed by atoms with E-state index in [9.17, 15) is 8.42 Å². The zero-order valence-electron chi connectivity index (χ0n) is 14.2. The van der Waals surface area contributed by atoms with Crippen LogP contribution in [-0.4, -0.2) is 41.1 Å². The molecule has 1 fully saturated rings. The van der Waals surface area contributed by atoms with Crippen molar-refractivity contribution >= 4 is 33.0 Å². The molecule has 0 amide bonds. The van der Waals surface area contributed by atoms with Crippen LogP contribution in [0.5, 0.6) is 0 Å². The zero-order chi connectivity index (χ0) is 17.9. The number of sulfonamides is 1. The third-order valence-electron chi connectivity index (χ3n) is 4.58. The van der Waals surface area contributed by atoms with E-state index in [1.54, 1.807) is 35.2 Å². The average Bonchev–Trinajstić information content (AvgIpc) is 2.62. The second-order valence-electron chi connectivity index (χ2n) is 6.17. The maximum absolute atomic E-state index is 12.5. The van der Waals surface area contributed by atoms with E-state index in [0.717, 1.165) is 38.4 Å². The van der Waals surface area contributed by atoms with Crippen molar-refractivity contribution in [2.75, 3.05) is 42.3 Å². The number of benzene rings is 2. The molecule has 5 nitrogen and oxygen atoms in total. The topological polar surface area (TPSA) is 53.9 Å². The third-order valence-corrected chi connectivity index (χ3v) is 6.46. The first kappa shape index (κ1) is 18.0. The molecule has 3 rings (SSSR count). The number of nitrogens with one attached hydrogen (secondary N) is 2. The van der Waals surface area contributed by atoms with Gasteiger partial charge in [0.1, 0.15) is 4.90 Å². The molecule has 0 saturated carbocycles. The van der Waals surface area contributed by atoms with Gasteiger partial charge >= 0.3 is 0 Å². The van der Waals surface area contributed by atoms with Crippen LogP contribution >= 0.6 is 11.6 Å². The van der Waals surface area contributed by atoms with E-state index < -0.39 is 10.0 Å². The molecule has 25 heavy (non-hydrogen) atoms. The lowest BCUT2D eigenvalue weighted by Crippen LogP contribution is -3.14. The molecule has 0 aromatic heterocycles. The number of piperazine rings is 1. The highest BCUT2D eigenvalue weighted by Crippen LogP contribution is 2.24. The molecular weight excluding hydrogens is 358 g/mol. The van der Waals surface area contributed by atoms with Crippen LogP contribution in [0.1, 0.15) is 6.92 Å². The lowest BCUT2D eigenvalue weighted by atomic mass is 10.2. The second kappa shape index (κ2) is 7.64. The summed E-state index contributed by atoms with van der Waals surface area (Å²) in [6, 6.07) is 13.9. The summed E-state index contributed by atoms with van der Waals surface area (Å²) in [5.41, 5.74) is 1.65. The van der Waals surface area contributed by atoms with Crippen molar-refractivity contribution < 1.29 is 13.3 Å². The predicted octanol–water partition coefficient (Wildman–Crippen LogP) is 1.87. The predicted molar refractivity (Wildman–Crippen MR) is 102 cm³/mol. The second-order valence-corrected chi connectivity index (χ2v) is 8.23. The van der Waals surface area contributed by atoms with Gasteiger partial charge in [-0.05, 0) is 43.3 Å². The number of anilines is 2. The van der Waals surface area contributed by atoms with Gasteiger partial charge in [0.15, 0.2) is 0 Å². The van der Waals surface area contributed by atoms with Gasteiger partial charge in [-0.25, -0.2) is 8.42 Å². The first-order valence-electron chi connectivity index (χ1n) is 8.45. The van der Waals surface area contributed by atoms with Crippen molar-refractivity contribution in [3.63, 3.8) is 0 Å². The third kappa shape index (κ3) is 4.26. The Labute approximate surface area is 154 Å². The summed E-state index contributed by atoms with van der Waals surface area (Å²) in [7, 11) is -3.69. The molecule has 1 aliphatic rings. The number of halogens is 1. The number of likely N-dealkylation sites (N-methyl/N-ethyl adjacent to an activating group) is 1. The summed E-state index contributed by atoms with van der Waals surface area (Å²) in [5.74, 6) is 0. The van der Waals surface area contributed by atoms with Crippen LogP contribution in [0.25, 0.3) is 0 Å². The van der Waals surface area contributed by atoms with Crippen LogP contribution in [-0.2, 0) is 10.0 Å². The Kier molecular flexibility index (Phi) is 5.51. The van der Waals surface area contributed by atoms with E-state index in [2.05, 4.69) is 16.5 Å². The molecule has 0 atom stereocenters. The van der Waals surface area contributed by atoms with Crippen molar-refractivity contribution in [3.05, 3.63) is 53.6 Å². The number of hydrogen-bond acceptors (Lipinski definition) is 3. The quantitative estimate of drug-likeness (QED) is 0.832. The summed E-state index contributed by atoms with van der Waals surface area (Å²) in [5, 5.41) is 0.211. The van der Waals surface area contributed by atoms with Gasteiger partial charge in [-0.3, -0.25) is 4.72 Å². The Morgan fingerprint density at radius 2 is 1.72 bits per heavy atom. The summed E-state index contributed by atoms with van der Waals surface area (Å²) in [4.78, 5) is 4.05. The summed E-state index contributed by atoms with van der Waals surface area (Å²) in [6.45, 7) is 7.69. The monoisotopic (exact) mass is 380 g/mol. The number of nitrogens with zero attached hydrogens (tertiary/aromatic N) is 1. The van der Waals surface area contributed by atoms with Crippen molar-refractivity contribution in [2.24, 2.45) is 0 Å². The van der Waals surface area contributed by atoms with Crippen LogP contribution in [0.3, 0.4) is 0 Å². The molecule has 0 radical (unpaired) electrons. The smallest absolute Gasteiger partial charge is 0.263 e. The first-order chi connectivity index (χ1) is 12.0. The maximum Gasteiger partial charge on any atom is 0.263 e. The van der Waals surface area contributed by atoms with Crippen LogP contribution in [0.2, 0.25) is 5.02 Å². The van der Waals surface area contributed by atoms with Gasteiger partial charge < -0.3 is 9.80 Å². The van der Waals surface area contributed by atoms with E-state index in [-0.39, 0.29) is 9.92 Å². The minimum atomic E-state index is -3.69. The fourth-order valence-electron chi connectivity index (χ4n) is 3.05. The molecule has 1 saturated heterocycles. The van der Waals surface area contributed by atoms with Crippen LogP contribution in [0.4, 0.5) is 11.4 Å². The normalized spacial score (nSPS) is 16.0. The highest BCUT2D eigenvalue weighted by atomic mass is 35.5. The molecule has 134 valence electrons. The van der Waals surface area contributed by atoms with E-state index in [0.29, 0.717) is 5.69 Å². The number of hydrogen-bond donors (Lipinski definition) is 2. The Balaban J connectivity index is 1.70. The van der Waals surface area contributed by atoms with Crippen molar-refractivity contribution in [2.45, 2.75) is 11.8 Å². The Morgan fingerprint density at radius 3 is 2.32 bits per heavy atom. The van der Waals surface area contributed by atoms with E-state index in [4.69, 9.17) is 11.6 Å². The van der Waals surface area contributed by atoms with Gasteiger partial charge in [0, 0.05) is 11.4 Å². The van der Waals surface area contributed by atoms with Crippen LogP contribution in [0, 0.1) is 0 Å². The number of rotatable bonds is 5. The lowest BCUT2D eigenvalue weighted by molar-refractivity contribution is -0.898. The lowest BCUT2D eigenvalue weighted by Gasteiger charge is -2.33. The van der Waals surface area contributed by atoms with E-state index in [1.807, 2.05) is 12.1 Å². The minimum Gasteiger partial charge on any atom is -0.360 e. The Morgan fingerprint density at radius 1 is 1.08 bits per heavy atom. The van der Waals surface area contributed by atoms with Gasteiger partial charge in [0.2, 0.25) is 0 Å². The van der Waals surface area contributed by atoms with E-state index in [1.165, 1.54) is 6.07 Å². The van der Waals surface area contributed by atoms with Crippen LogP contribution in [0.15, 0.2) is 53.4 Å². The molecule has 0 unspecified atom stereocenters. The summed E-state index contributed by atoms with van der Waals surface area (Å²) < 4.78 is 27.5. The summed E-state index contributed by atoms with van der Waals surface area (Å²) in [6.07, 6.45) is 0. The molecule has 2 aromatic carbocycles. The Bertz CT molecular complexity index is 816. The molecule has 2 N–H and O–H groups in total. The van der Waals surface area contributed by atoms with Crippen molar-refractivity contribution in [1.82, 2.24) is 0 Å². The van der Waals surface area contributed by atoms with Gasteiger partial charge in [0.25, 0.3) is 10.0 Å². The fraction of sp³-hybridized carbons (Fsp3) is 0.333. The Hall–Kier alpha value is -1.76. The van der Waals surface area contributed by atoms with Gasteiger partial charge in [-0.2, -0.15) is 0 Å². The largest absolute Gasteiger partial charge is 0.360 e. The molecule has 0 spiro atoms. The average molecular weight is 381 g/mol. The highest BCUT2D eigenvalue weighted by Gasteiger charge is 2.20. The fourth-order valence-corrected chi connectivity index (χ4v) is 4.63. The van der Waals surface area contributed by atoms with Crippen molar-refractivity contribution in [3.8, 4) is 0 Å². The highest BCUT2D eigenvalue weighted by molar-refractivity contribution is 7.92. The van der Waals surface area contributed by atoms with Gasteiger partial charge in [0.05, 0.1) is 37.7 Å². The van der Waals surface area contributed by atoms with Gasteiger partial charge in [-0.1, -0.05) is 23.7 Å². The molecule has 2 aromatic rings. The van der Waals surface area contributed by atoms with Crippen molar-refractivity contribution in [1.29, 1.82) is 0 Å². The molecule has 7 heteroatoms. The first-order valence-corrected chi connectivity index (χ1v) is 10.3. The standard InChI is InChI=1S/C18H22ClN3O2S/c1-2-21-11-13-22(14-12-21)16-9-7-15(8-10-16)20-25(23,24)18-6-4-3-5-17(18)19/h3-10,20H,2,11-14H2,1H3/p+1. The molecule has 0 bridgehead atoms. The molecule has 1 heterocycles. The SMILES string of the molecule is CC[NH+]1CCN(c2ccc(NS(=O)(=O)c3ccccc3Cl)cc2)CC1. The molecule has 0 aliphatic carbocycles. The minimum absolute atomic E-state index is 0.0828. The van der Waals surface area contributed by atoms with Crippen LogP contribution < -0.4 is 14.5 Å². The summed E-state index contributed by atoms with van der Waals surface area (Å²) >= 11 is 6.00.